The van der Waals surface area contributed by atoms with Crippen LogP contribution in [0.5, 0.6) is 0 Å². The minimum Gasteiger partial charge on any atom is -0.467 e. The second-order valence-corrected chi connectivity index (χ2v) is 3.76. The number of rotatable bonds is 7. The van der Waals surface area contributed by atoms with Gasteiger partial charge in [0.1, 0.15) is 5.69 Å². The van der Waals surface area contributed by atoms with Gasteiger partial charge in [-0.1, -0.05) is 6.07 Å². The number of methoxy groups -OCH3 is 2. The van der Waals surface area contributed by atoms with Crippen LogP contribution in [0.1, 0.15) is 17.4 Å². The average Bonchev–Trinajstić information content (AvgIpc) is 2.50. The van der Waals surface area contributed by atoms with Crippen LogP contribution >= 0.6 is 0 Å². The molecule has 0 bridgehead atoms. The summed E-state index contributed by atoms with van der Waals surface area (Å²) in [7, 11) is 2.66. The number of nitrogens with zero attached hydrogens (tertiary/aromatic N) is 2. The molecule has 110 valence electrons. The van der Waals surface area contributed by atoms with Gasteiger partial charge in [-0.05, 0) is 19.1 Å². The Morgan fingerprint density at radius 1 is 1.35 bits per heavy atom. The Balaban J connectivity index is 3.01. The zero-order chi connectivity index (χ0) is 15.0. The normalized spacial score (nSPS) is 11.8. The van der Waals surface area contributed by atoms with E-state index >= 15 is 0 Å². The molecular formula is C13H18N2O5. The molecule has 1 aromatic rings. The smallest absolute Gasteiger partial charge is 0.333 e. The van der Waals surface area contributed by atoms with Crippen molar-refractivity contribution >= 4 is 11.9 Å². The SMILES string of the molecule is CCON(C(=O)c1ccccn1)C(COC)C(=O)OC. The largest absolute Gasteiger partial charge is 0.467 e. The number of carbonyl (C=O) groups is 2. The second kappa shape index (κ2) is 8.23. The first-order chi connectivity index (χ1) is 9.65. The molecular weight excluding hydrogens is 264 g/mol. The molecule has 0 saturated heterocycles. The number of aromatic nitrogens is 1. The van der Waals surface area contributed by atoms with E-state index in [1.54, 1.807) is 19.1 Å². The third-order valence-electron chi connectivity index (χ3n) is 2.43. The number of amides is 1. The molecule has 1 atom stereocenters. The van der Waals surface area contributed by atoms with Crippen molar-refractivity contribution in [3.63, 3.8) is 0 Å². The van der Waals surface area contributed by atoms with Crippen molar-refractivity contribution in [1.29, 1.82) is 0 Å². The predicted molar refractivity (Wildman–Crippen MR) is 69.7 cm³/mol. The molecule has 0 aliphatic heterocycles. The fourth-order valence-electron chi connectivity index (χ4n) is 1.56. The zero-order valence-corrected chi connectivity index (χ0v) is 11.7. The molecule has 0 aliphatic carbocycles. The minimum absolute atomic E-state index is 0.0365. The van der Waals surface area contributed by atoms with Crippen molar-refractivity contribution in [3.8, 4) is 0 Å². The highest BCUT2D eigenvalue weighted by Crippen LogP contribution is 2.10. The molecule has 7 heteroatoms. The summed E-state index contributed by atoms with van der Waals surface area (Å²) >= 11 is 0. The van der Waals surface area contributed by atoms with Crippen molar-refractivity contribution in [2.45, 2.75) is 13.0 Å². The summed E-state index contributed by atoms with van der Waals surface area (Å²) in [5.41, 5.74) is 0.172. The molecule has 1 rings (SSSR count). The summed E-state index contributed by atoms with van der Waals surface area (Å²) in [4.78, 5) is 33.3. The van der Waals surface area contributed by atoms with Crippen LogP contribution in [0.4, 0.5) is 0 Å². The third kappa shape index (κ3) is 4.01. The maximum absolute atomic E-state index is 12.3. The molecule has 0 saturated carbocycles. The molecule has 0 spiro atoms. The number of hydrogen-bond donors (Lipinski definition) is 0. The number of pyridine rings is 1. The summed E-state index contributed by atoms with van der Waals surface area (Å²) < 4.78 is 9.61. The van der Waals surface area contributed by atoms with Crippen molar-refractivity contribution in [1.82, 2.24) is 10.0 Å². The van der Waals surface area contributed by atoms with Crippen LogP contribution in [-0.2, 0) is 19.1 Å². The lowest BCUT2D eigenvalue weighted by Gasteiger charge is -2.27. The maximum atomic E-state index is 12.3. The monoisotopic (exact) mass is 282 g/mol. The first-order valence-electron chi connectivity index (χ1n) is 6.10. The molecule has 20 heavy (non-hydrogen) atoms. The van der Waals surface area contributed by atoms with Gasteiger partial charge in [-0.15, -0.1) is 0 Å². The predicted octanol–water partition coefficient (Wildman–Crippen LogP) is 0.663. The van der Waals surface area contributed by atoms with E-state index in [1.165, 1.54) is 26.5 Å². The van der Waals surface area contributed by atoms with Gasteiger partial charge in [-0.2, -0.15) is 5.06 Å². The molecule has 0 aliphatic rings. The van der Waals surface area contributed by atoms with Gasteiger partial charge in [-0.3, -0.25) is 14.6 Å². The average molecular weight is 282 g/mol. The molecule has 0 N–H and O–H groups in total. The van der Waals surface area contributed by atoms with Gasteiger partial charge in [0.2, 0.25) is 0 Å². The lowest BCUT2D eigenvalue weighted by atomic mass is 10.2. The Bertz CT molecular complexity index is 438. The van der Waals surface area contributed by atoms with Gasteiger partial charge in [0.15, 0.2) is 6.04 Å². The summed E-state index contributed by atoms with van der Waals surface area (Å²) in [5.74, 6) is -1.15. The lowest BCUT2D eigenvalue weighted by Crippen LogP contribution is -2.48. The first-order valence-corrected chi connectivity index (χ1v) is 6.10. The molecule has 1 heterocycles. The minimum atomic E-state index is -0.987. The summed E-state index contributed by atoms with van der Waals surface area (Å²) in [5, 5.41) is 0.942. The summed E-state index contributed by atoms with van der Waals surface area (Å²) in [6, 6.07) is 3.91. The van der Waals surface area contributed by atoms with Gasteiger partial charge < -0.3 is 9.47 Å². The van der Waals surface area contributed by atoms with Gasteiger partial charge in [0.25, 0.3) is 5.91 Å². The van der Waals surface area contributed by atoms with Crippen LogP contribution < -0.4 is 0 Å². The third-order valence-corrected chi connectivity index (χ3v) is 2.43. The number of hydrogen-bond acceptors (Lipinski definition) is 6. The fourth-order valence-corrected chi connectivity index (χ4v) is 1.56. The number of hydroxylamine groups is 2. The Morgan fingerprint density at radius 3 is 2.60 bits per heavy atom. The van der Waals surface area contributed by atoms with Gasteiger partial charge in [0, 0.05) is 13.3 Å². The Hall–Kier alpha value is -1.99. The lowest BCUT2D eigenvalue weighted by molar-refractivity contribution is -0.182. The fraction of sp³-hybridized carbons (Fsp3) is 0.462. The van der Waals surface area contributed by atoms with E-state index in [1.807, 2.05) is 0 Å². The van der Waals surface area contributed by atoms with Crippen LogP contribution in [0.25, 0.3) is 0 Å². The molecule has 1 amide bonds. The second-order valence-electron chi connectivity index (χ2n) is 3.76. The summed E-state index contributed by atoms with van der Waals surface area (Å²) in [6.07, 6.45) is 1.49. The van der Waals surface area contributed by atoms with Crippen LogP contribution in [0.3, 0.4) is 0 Å². The highest BCUT2D eigenvalue weighted by Gasteiger charge is 2.33. The zero-order valence-electron chi connectivity index (χ0n) is 11.7. The van der Waals surface area contributed by atoms with Crippen molar-refractivity contribution in [2.75, 3.05) is 27.4 Å². The van der Waals surface area contributed by atoms with E-state index in [4.69, 9.17) is 9.57 Å². The van der Waals surface area contributed by atoms with Crippen molar-refractivity contribution < 1.29 is 23.9 Å². The highest BCUT2D eigenvalue weighted by molar-refractivity contribution is 5.94. The molecule has 0 radical (unpaired) electrons. The standard InChI is InChI=1S/C13H18N2O5/c1-4-20-15(11(9-18-2)13(17)19-3)12(16)10-7-5-6-8-14-10/h5-8,11H,4,9H2,1-3H3. The van der Waals surface area contributed by atoms with E-state index in [-0.39, 0.29) is 18.9 Å². The number of ether oxygens (including phenoxy) is 2. The van der Waals surface area contributed by atoms with E-state index in [9.17, 15) is 9.59 Å². The molecule has 0 fully saturated rings. The highest BCUT2D eigenvalue weighted by atomic mass is 16.7. The van der Waals surface area contributed by atoms with Crippen LogP contribution in [0, 0.1) is 0 Å². The van der Waals surface area contributed by atoms with E-state index < -0.39 is 17.9 Å². The molecule has 1 aromatic heterocycles. The topological polar surface area (TPSA) is 78.0 Å². The molecule has 1 unspecified atom stereocenters. The van der Waals surface area contributed by atoms with E-state index in [0.717, 1.165) is 5.06 Å². The van der Waals surface area contributed by atoms with E-state index in [2.05, 4.69) is 9.72 Å². The quantitative estimate of drug-likeness (QED) is 0.540. The van der Waals surface area contributed by atoms with Gasteiger partial charge in [-0.25, -0.2) is 4.79 Å². The Labute approximate surface area is 117 Å². The van der Waals surface area contributed by atoms with Crippen molar-refractivity contribution in [3.05, 3.63) is 30.1 Å². The van der Waals surface area contributed by atoms with Gasteiger partial charge >= 0.3 is 5.97 Å². The number of carbonyl (C=O) groups excluding carboxylic acids is 2. The Morgan fingerprint density at radius 2 is 2.10 bits per heavy atom. The van der Waals surface area contributed by atoms with Crippen LogP contribution in [0.15, 0.2) is 24.4 Å². The Kier molecular flexibility index (Phi) is 6.61. The maximum Gasteiger partial charge on any atom is 0.333 e. The number of esters is 1. The first kappa shape index (κ1) is 16.1. The van der Waals surface area contributed by atoms with Crippen LogP contribution in [-0.4, -0.2) is 55.4 Å². The van der Waals surface area contributed by atoms with Crippen LogP contribution in [0.2, 0.25) is 0 Å². The van der Waals surface area contributed by atoms with Gasteiger partial charge in [0.05, 0.1) is 20.3 Å². The van der Waals surface area contributed by atoms with Crippen molar-refractivity contribution in [2.24, 2.45) is 0 Å². The van der Waals surface area contributed by atoms with E-state index in [0.29, 0.717) is 0 Å². The molecule has 7 nitrogen and oxygen atoms in total. The molecule has 0 aromatic carbocycles. The summed E-state index contributed by atoms with van der Waals surface area (Å²) in [6.45, 7) is 1.89.